The summed E-state index contributed by atoms with van der Waals surface area (Å²) in [6.45, 7) is 2.01. The Hall–Kier alpha value is -2.92. The molecule has 10 nitrogen and oxygen atoms in total. The molecule has 0 aliphatic carbocycles. The fourth-order valence-corrected chi connectivity index (χ4v) is 4.41. The van der Waals surface area contributed by atoms with Gasteiger partial charge < -0.3 is 30.0 Å². The predicted octanol–water partition coefficient (Wildman–Crippen LogP) is 2.32. The number of aliphatic hydroxyl groups is 1. The van der Waals surface area contributed by atoms with Gasteiger partial charge in [-0.05, 0) is 54.6 Å². The van der Waals surface area contributed by atoms with Crippen LogP contribution in [0.1, 0.15) is 24.4 Å². The second-order valence-electron chi connectivity index (χ2n) is 8.08. The van der Waals surface area contributed by atoms with E-state index in [0.717, 1.165) is 5.69 Å². The highest BCUT2D eigenvalue weighted by Crippen LogP contribution is 2.47. The van der Waals surface area contributed by atoms with Gasteiger partial charge in [-0.1, -0.05) is 11.6 Å². The van der Waals surface area contributed by atoms with Crippen LogP contribution in [0.2, 0.25) is 5.02 Å². The first-order valence-corrected chi connectivity index (χ1v) is 10.7. The highest BCUT2D eigenvalue weighted by molar-refractivity contribution is 6.30. The minimum absolute atomic E-state index is 0.256. The number of methoxy groups -OCH3 is 2. The molecule has 0 amide bonds. The summed E-state index contributed by atoms with van der Waals surface area (Å²) in [6.07, 6.45) is -1.94. The van der Waals surface area contributed by atoms with Gasteiger partial charge in [-0.2, -0.15) is 4.80 Å². The smallest absolute Gasteiger partial charge is 0.199 e. The summed E-state index contributed by atoms with van der Waals surface area (Å²) < 4.78 is 17.3. The first-order chi connectivity index (χ1) is 15.8. The number of ether oxygens (including phenoxy) is 3. The van der Waals surface area contributed by atoms with Crippen molar-refractivity contribution in [2.45, 2.75) is 37.5 Å². The molecule has 3 aromatic rings. The number of anilines is 2. The van der Waals surface area contributed by atoms with E-state index in [2.05, 4.69) is 15.4 Å². The van der Waals surface area contributed by atoms with E-state index in [-0.39, 0.29) is 6.54 Å². The van der Waals surface area contributed by atoms with Crippen LogP contribution in [0.3, 0.4) is 0 Å². The molecule has 0 spiro atoms. The van der Waals surface area contributed by atoms with Crippen molar-refractivity contribution in [3.63, 3.8) is 0 Å². The summed E-state index contributed by atoms with van der Waals surface area (Å²) in [5, 5.41) is 24.8. The number of aromatic nitrogens is 4. The summed E-state index contributed by atoms with van der Waals surface area (Å²) in [7, 11) is 4.70. The molecule has 3 atom stereocenters. The lowest BCUT2D eigenvalue weighted by Crippen LogP contribution is -2.62. The minimum atomic E-state index is -1.24. The van der Waals surface area contributed by atoms with E-state index in [1.807, 2.05) is 17.0 Å². The van der Waals surface area contributed by atoms with Gasteiger partial charge in [0.25, 0.3) is 0 Å². The van der Waals surface area contributed by atoms with Gasteiger partial charge in [0, 0.05) is 36.2 Å². The molecule has 11 heteroatoms. The Bertz CT molecular complexity index is 1110. The predicted molar refractivity (Wildman–Crippen MR) is 123 cm³/mol. The Morgan fingerprint density at radius 1 is 1.24 bits per heavy atom. The van der Waals surface area contributed by atoms with Crippen LogP contribution >= 0.6 is 11.6 Å². The molecule has 0 unspecified atom stereocenters. The van der Waals surface area contributed by atoms with Crippen molar-refractivity contribution < 1.29 is 19.3 Å². The third-order valence-corrected chi connectivity index (χ3v) is 6.07. The fraction of sp³-hybridized carbons (Fsp3) is 0.409. The molecule has 0 radical (unpaired) electrons. The maximum atomic E-state index is 11.8. The van der Waals surface area contributed by atoms with Crippen molar-refractivity contribution in [2.75, 3.05) is 24.9 Å². The first kappa shape index (κ1) is 23.2. The van der Waals surface area contributed by atoms with Gasteiger partial charge in [0.1, 0.15) is 11.9 Å². The summed E-state index contributed by atoms with van der Waals surface area (Å²) in [6, 6.07) is 12.0. The Morgan fingerprint density at radius 3 is 2.55 bits per heavy atom. The van der Waals surface area contributed by atoms with E-state index in [0.29, 0.717) is 27.8 Å². The number of nitrogens with zero attached hydrogens (tertiary/aromatic N) is 5. The van der Waals surface area contributed by atoms with E-state index < -0.39 is 24.0 Å². The van der Waals surface area contributed by atoms with Crippen LogP contribution < -0.4 is 15.4 Å². The number of nitrogens with two attached hydrogens (primary N) is 1. The van der Waals surface area contributed by atoms with Gasteiger partial charge >= 0.3 is 0 Å². The molecule has 1 aromatic heterocycles. The second kappa shape index (κ2) is 9.14. The van der Waals surface area contributed by atoms with Crippen molar-refractivity contribution >= 4 is 23.0 Å². The number of tetrazole rings is 1. The monoisotopic (exact) mass is 474 g/mol. The van der Waals surface area contributed by atoms with Crippen LogP contribution in [0.4, 0.5) is 11.4 Å². The molecule has 1 aliphatic rings. The lowest BCUT2D eigenvalue weighted by Gasteiger charge is -2.49. The third-order valence-electron chi connectivity index (χ3n) is 5.82. The van der Waals surface area contributed by atoms with Crippen LogP contribution in [0.25, 0.3) is 0 Å². The summed E-state index contributed by atoms with van der Waals surface area (Å²) in [5.74, 6) is 1.04. The van der Waals surface area contributed by atoms with E-state index in [1.165, 1.54) is 19.0 Å². The summed E-state index contributed by atoms with van der Waals surface area (Å²) in [4.78, 5) is 3.36. The number of nitrogen functional groups attached to an aromatic ring is 1. The van der Waals surface area contributed by atoms with E-state index >= 15 is 0 Å². The van der Waals surface area contributed by atoms with Gasteiger partial charge in [-0.15, -0.1) is 10.2 Å². The molecular weight excluding hydrogens is 448 g/mol. The topological polar surface area (TPSA) is 121 Å². The van der Waals surface area contributed by atoms with Crippen molar-refractivity contribution in [1.82, 2.24) is 20.2 Å². The Kier molecular flexibility index (Phi) is 6.44. The number of rotatable bonds is 7. The van der Waals surface area contributed by atoms with Crippen LogP contribution in [0.15, 0.2) is 42.5 Å². The van der Waals surface area contributed by atoms with Gasteiger partial charge in [0.15, 0.2) is 17.7 Å². The Labute approximate surface area is 196 Å². The highest BCUT2D eigenvalue weighted by atomic mass is 35.5. The molecule has 0 saturated heterocycles. The molecule has 176 valence electrons. The zero-order valence-electron chi connectivity index (χ0n) is 18.8. The maximum Gasteiger partial charge on any atom is 0.199 e. The second-order valence-corrected chi connectivity index (χ2v) is 8.51. The van der Waals surface area contributed by atoms with E-state index in [1.54, 1.807) is 44.3 Å². The van der Waals surface area contributed by atoms with Gasteiger partial charge in [0.05, 0.1) is 19.6 Å². The van der Waals surface area contributed by atoms with Crippen LogP contribution in [0.5, 0.6) is 5.75 Å². The summed E-state index contributed by atoms with van der Waals surface area (Å²) in [5.41, 5.74) is 6.93. The number of fused-ring (bicyclic) bond motifs is 1. The van der Waals surface area contributed by atoms with Crippen molar-refractivity contribution in [3.8, 4) is 5.75 Å². The molecule has 33 heavy (non-hydrogen) atoms. The molecule has 3 N–H and O–H groups in total. The number of benzene rings is 2. The Balaban J connectivity index is 1.89. The lowest BCUT2D eigenvalue weighted by atomic mass is 9.83. The van der Waals surface area contributed by atoms with E-state index in [4.69, 9.17) is 31.5 Å². The SMILES string of the molecule is COC(OC)[C@@]1(C)Oc2ccc(N)cc2[C@H](N(Cc2nnn(C)n2)c2ccc(Cl)cc2)[C@H]1O. The van der Waals surface area contributed by atoms with Gasteiger partial charge in [-0.25, -0.2) is 0 Å². The van der Waals surface area contributed by atoms with Gasteiger partial charge in [-0.3, -0.25) is 0 Å². The molecule has 2 aromatic carbocycles. The van der Waals surface area contributed by atoms with Gasteiger partial charge in [0.2, 0.25) is 0 Å². The highest BCUT2D eigenvalue weighted by Gasteiger charge is 2.54. The van der Waals surface area contributed by atoms with Crippen molar-refractivity contribution in [3.05, 3.63) is 58.9 Å². The molecular formula is C22H27ClN6O4. The average molecular weight is 475 g/mol. The number of halogens is 1. The number of hydrogen-bond acceptors (Lipinski definition) is 9. The first-order valence-electron chi connectivity index (χ1n) is 10.3. The van der Waals surface area contributed by atoms with Crippen LogP contribution in [-0.2, 0) is 23.1 Å². The maximum absolute atomic E-state index is 11.8. The molecule has 2 heterocycles. The Morgan fingerprint density at radius 2 is 1.94 bits per heavy atom. The largest absolute Gasteiger partial charge is 0.479 e. The molecule has 0 saturated carbocycles. The average Bonchev–Trinajstić information content (AvgIpc) is 3.20. The molecule has 1 aliphatic heterocycles. The summed E-state index contributed by atoms with van der Waals surface area (Å²) >= 11 is 6.15. The molecule has 0 fully saturated rings. The third kappa shape index (κ3) is 4.34. The van der Waals surface area contributed by atoms with Crippen molar-refractivity contribution in [1.29, 1.82) is 0 Å². The zero-order chi connectivity index (χ0) is 23.8. The number of aliphatic hydroxyl groups excluding tert-OH is 1. The molecule has 0 bridgehead atoms. The van der Waals surface area contributed by atoms with Crippen LogP contribution in [0, 0.1) is 0 Å². The van der Waals surface area contributed by atoms with E-state index in [9.17, 15) is 5.11 Å². The minimum Gasteiger partial charge on any atom is -0.479 e. The number of hydrogen-bond donors (Lipinski definition) is 2. The molecule has 4 rings (SSSR count). The lowest BCUT2D eigenvalue weighted by molar-refractivity contribution is -0.237. The number of aryl methyl sites for hydroxylation is 1. The van der Waals surface area contributed by atoms with Crippen LogP contribution in [-0.4, -0.2) is 57.5 Å². The normalized spacial score (nSPS) is 22.2. The van der Waals surface area contributed by atoms with Crippen molar-refractivity contribution in [2.24, 2.45) is 7.05 Å². The quantitative estimate of drug-likeness (QED) is 0.392. The zero-order valence-corrected chi connectivity index (χ0v) is 19.6. The fourth-order valence-electron chi connectivity index (χ4n) is 4.28. The standard InChI is InChI=1S/C22H27ClN6O4/c1-22(21(31-3)32-4)20(30)19(16-11-14(24)7-10-17(16)33-22)29(12-18-25-27-28(2)26-18)15-8-5-13(23)6-9-15/h5-11,19-21,30H,12,24H2,1-4H3/t19-,20+,22-/m0/s1.